The Kier molecular flexibility index (Phi) is 6.73. The largest absolute Gasteiger partial charge is 0.327 e. The lowest BCUT2D eigenvalue weighted by molar-refractivity contribution is 0.256. The number of para-hydroxylation sites is 1. The highest BCUT2D eigenvalue weighted by atomic mass is 32.1. The number of nitriles is 1. The number of pyridine rings is 1. The number of urea groups is 1. The van der Waals surface area contributed by atoms with E-state index >= 15 is 0 Å². The van der Waals surface area contributed by atoms with Gasteiger partial charge in [-0.2, -0.15) is 5.26 Å². The second-order valence-electron chi connectivity index (χ2n) is 9.10. The van der Waals surface area contributed by atoms with Crippen LogP contribution >= 0.6 is 11.3 Å². The first-order valence-corrected chi connectivity index (χ1v) is 12.8. The van der Waals surface area contributed by atoms with Crippen LogP contribution in [0.4, 0.5) is 15.5 Å². The maximum Gasteiger partial charge on any atom is 0.327 e. The standard InChI is InChI=1S/C28H27N5OS/c1-19-27(35-26(31-19)14-20-7-2-3-8-20)33(18-22-10-6-9-21(13-22)16-29)28(34)32-24-15-23-11-4-5-12-25(23)30-17-24/h4-6,9-13,15,17,20H,2-3,7-8,14,18H2,1H3,(H,32,34). The van der Waals surface area contributed by atoms with Gasteiger partial charge in [0.1, 0.15) is 5.00 Å². The molecule has 35 heavy (non-hydrogen) atoms. The number of carbonyl (C=O) groups is 1. The monoisotopic (exact) mass is 481 g/mol. The van der Waals surface area contributed by atoms with Crippen LogP contribution in [0.2, 0.25) is 0 Å². The van der Waals surface area contributed by atoms with Crippen LogP contribution in [0.1, 0.15) is 47.5 Å². The van der Waals surface area contributed by atoms with E-state index in [2.05, 4.69) is 16.4 Å². The van der Waals surface area contributed by atoms with Crippen LogP contribution in [0.25, 0.3) is 10.9 Å². The van der Waals surface area contributed by atoms with Gasteiger partial charge < -0.3 is 5.32 Å². The van der Waals surface area contributed by atoms with Gasteiger partial charge in [0.25, 0.3) is 0 Å². The van der Waals surface area contributed by atoms with E-state index in [1.54, 1.807) is 28.5 Å². The molecule has 4 aromatic rings. The third-order valence-electron chi connectivity index (χ3n) is 6.48. The molecule has 6 nitrogen and oxygen atoms in total. The molecule has 0 saturated heterocycles. The zero-order valence-electron chi connectivity index (χ0n) is 19.7. The van der Waals surface area contributed by atoms with Crippen LogP contribution < -0.4 is 10.2 Å². The number of aromatic nitrogens is 2. The van der Waals surface area contributed by atoms with Crippen molar-refractivity contribution >= 4 is 39.0 Å². The van der Waals surface area contributed by atoms with Crippen LogP contribution in [0, 0.1) is 24.2 Å². The van der Waals surface area contributed by atoms with Crippen molar-refractivity contribution in [3.05, 3.63) is 82.6 Å². The minimum absolute atomic E-state index is 0.247. The van der Waals surface area contributed by atoms with Gasteiger partial charge in [-0.25, -0.2) is 9.78 Å². The minimum Gasteiger partial charge on any atom is -0.306 e. The minimum atomic E-state index is -0.247. The third-order valence-corrected chi connectivity index (χ3v) is 7.69. The molecule has 0 radical (unpaired) electrons. The second-order valence-corrected chi connectivity index (χ2v) is 10.2. The molecule has 0 aliphatic heterocycles. The maximum absolute atomic E-state index is 13.6. The van der Waals surface area contributed by atoms with Gasteiger partial charge in [-0.15, -0.1) is 11.3 Å². The highest BCUT2D eigenvalue weighted by molar-refractivity contribution is 7.16. The molecule has 1 N–H and O–H groups in total. The summed E-state index contributed by atoms with van der Waals surface area (Å²) in [6.45, 7) is 2.31. The van der Waals surface area contributed by atoms with Crippen molar-refractivity contribution in [2.75, 3.05) is 10.2 Å². The number of aryl methyl sites for hydroxylation is 1. The molecule has 0 bridgehead atoms. The predicted octanol–water partition coefficient (Wildman–Crippen LogP) is 6.84. The number of nitrogens with one attached hydrogen (secondary N) is 1. The number of hydrogen-bond donors (Lipinski definition) is 1. The highest BCUT2D eigenvalue weighted by Gasteiger charge is 2.24. The Morgan fingerprint density at radius 2 is 2.00 bits per heavy atom. The zero-order chi connectivity index (χ0) is 24.2. The van der Waals surface area contributed by atoms with E-state index in [0.717, 1.165) is 38.6 Å². The molecule has 0 atom stereocenters. The van der Waals surface area contributed by atoms with E-state index in [4.69, 9.17) is 4.98 Å². The van der Waals surface area contributed by atoms with Gasteiger partial charge in [0.05, 0.1) is 46.3 Å². The first-order valence-electron chi connectivity index (χ1n) is 12.0. The Balaban J connectivity index is 1.44. The number of amides is 2. The normalized spacial score (nSPS) is 13.6. The Morgan fingerprint density at radius 1 is 1.17 bits per heavy atom. The number of thiazole rings is 1. The van der Waals surface area contributed by atoms with Gasteiger partial charge in [-0.3, -0.25) is 9.88 Å². The third kappa shape index (κ3) is 5.33. The molecule has 7 heteroatoms. The summed E-state index contributed by atoms with van der Waals surface area (Å²) >= 11 is 1.60. The fourth-order valence-corrected chi connectivity index (χ4v) is 5.91. The number of nitrogens with zero attached hydrogens (tertiary/aromatic N) is 4. The summed E-state index contributed by atoms with van der Waals surface area (Å²) in [4.78, 5) is 24.7. The fraction of sp³-hybridized carbons (Fsp3) is 0.286. The molecule has 5 rings (SSSR count). The molecular formula is C28H27N5OS. The van der Waals surface area contributed by atoms with Crippen LogP contribution in [0.15, 0.2) is 60.8 Å². The molecule has 1 aliphatic rings. The molecule has 1 fully saturated rings. The van der Waals surface area contributed by atoms with Crippen LogP contribution in [0.5, 0.6) is 0 Å². The number of rotatable bonds is 6. The van der Waals surface area contributed by atoms with Crippen molar-refractivity contribution < 1.29 is 4.79 Å². The number of carbonyl (C=O) groups excluding carboxylic acids is 1. The van der Waals surface area contributed by atoms with E-state index < -0.39 is 0 Å². The topological polar surface area (TPSA) is 81.9 Å². The first-order chi connectivity index (χ1) is 17.1. The summed E-state index contributed by atoms with van der Waals surface area (Å²) in [5.41, 5.74) is 3.83. The second kappa shape index (κ2) is 10.2. The van der Waals surface area contributed by atoms with E-state index in [9.17, 15) is 10.1 Å². The van der Waals surface area contributed by atoms with E-state index in [0.29, 0.717) is 23.7 Å². The Hall–Kier alpha value is -3.76. The van der Waals surface area contributed by atoms with Crippen molar-refractivity contribution in [1.82, 2.24) is 9.97 Å². The average Bonchev–Trinajstić information content (AvgIpc) is 3.52. The lowest BCUT2D eigenvalue weighted by Gasteiger charge is -2.22. The van der Waals surface area contributed by atoms with Gasteiger partial charge >= 0.3 is 6.03 Å². The van der Waals surface area contributed by atoms with Crippen LogP contribution in [-0.2, 0) is 13.0 Å². The van der Waals surface area contributed by atoms with Gasteiger partial charge in [-0.1, -0.05) is 56.0 Å². The smallest absolute Gasteiger partial charge is 0.306 e. The number of anilines is 2. The first kappa shape index (κ1) is 23.0. The lowest BCUT2D eigenvalue weighted by Crippen LogP contribution is -2.34. The summed E-state index contributed by atoms with van der Waals surface area (Å²) in [5, 5.41) is 15.2. The van der Waals surface area contributed by atoms with E-state index in [-0.39, 0.29) is 6.03 Å². The Labute approximate surface area is 209 Å². The summed E-state index contributed by atoms with van der Waals surface area (Å²) in [7, 11) is 0. The van der Waals surface area contributed by atoms with Crippen LogP contribution in [0.3, 0.4) is 0 Å². The number of hydrogen-bond acceptors (Lipinski definition) is 5. The summed E-state index contributed by atoms with van der Waals surface area (Å²) in [6, 6.07) is 19.1. The zero-order valence-corrected chi connectivity index (χ0v) is 20.5. The predicted molar refractivity (Wildman–Crippen MR) is 141 cm³/mol. The van der Waals surface area contributed by atoms with Gasteiger partial charge in [-0.05, 0) is 42.7 Å². The SMILES string of the molecule is Cc1nc(CC2CCCC2)sc1N(Cc1cccc(C#N)c1)C(=O)Nc1cnc2ccccc2c1. The van der Waals surface area contributed by atoms with E-state index in [1.165, 1.54) is 25.7 Å². The van der Waals surface area contributed by atoms with Crippen molar-refractivity contribution in [1.29, 1.82) is 5.26 Å². The van der Waals surface area contributed by atoms with Gasteiger partial charge in [0.2, 0.25) is 0 Å². The maximum atomic E-state index is 13.6. The average molecular weight is 482 g/mol. The summed E-state index contributed by atoms with van der Waals surface area (Å²) in [5.74, 6) is 0.687. The van der Waals surface area contributed by atoms with Crippen molar-refractivity contribution in [3.8, 4) is 6.07 Å². The summed E-state index contributed by atoms with van der Waals surface area (Å²) in [6.07, 6.45) is 7.76. The lowest BCUT2D eigenvalue weighted by atomic mass is 10.1. The quantitative estimate of drug-likeness (QED) is 0.327. The van der Waals surface area contributed by atoms with Crippen molar-refractivity contribution in [2.24, 2.45) is 5.92 Å². The molecule has 2 aromatic heterocycles. The molecule has 2 heterocycles. The Bertz CT molecular complexity index is 1400. The van der Waals surface area contributed by atoms with Gasteiger partial charge in [0, 0.05) is 11.8 Å². The van der Waals surface area contributed by atoms with E-state index in [1.807, 2.05) is 55.5 Å². The molecular weight excluding hydrogens is 454 g/mol. The summed E-state index contributed by atoms with van der Waals surface area (Å²) < 4.78 is 0. The van der Waals surface area contributed by atoms with Crippen molar-refractivity contribution in [2.45, 2.75) is 45.6 Å². The molecule has 1 saturated carbocycles. The molecule has 0 spiro atoms. The number of benzene rings is 2. The molecule has 0 unspecified atom stereocenters. The Morgan fingerprint density at radius 3 is 2.83 bits per heavy atom. The molecule has 2 amide bonds. The number of fused-ring (bicyclic) bond motifs is 1. The fourth-order valence-electron chi connectivity index (χ4n) is 4.73. The van der Waals surface area contributed by atoms with Crippen LogP contribution in [-0.4, -0.2) is 16.0 Å². The molecule has 2 aromatic carbocycles. The molecule has 176 valence electrons. The molecule has 1 aliphatic carbocycles. The van der Waals surface area contributed by atoms with Crippen molar-refractivity contribution in [3.63, 3.8) is 0 Å². The van der Waals surface area contributed by atoms with Gasteiger partial charge in [0.15, 0.2) is 0 Å². The highest BCUT2D eigenvalue weighted by Crippen LogP contribution is 2.35.